The molecule has 2 aliphatic carbocycles. The normalized spacial score (nSPS) is 23.2. The Bertz CT molecular complexity index is 968. The number of hydrogen-bond acceptors (Lipinski definition) is 4. The third-order valence-corrected chi connectivity index (χ3v) is 6.78. The molecule has 3 aliphatic rings. The molecule has 1 aromatic carbocycles. The van der Waals surface area contributed by atoms with Crippen molar-refractivity contribution in [3.8, 4) is 5.75 Å². The minimum atomic E-state index is -0.0748. The van der Waals surface area contributed by atoms with Gasteiger partial charge in [0.25, 0.3) is 5.91 Å². The van der Waals surface area contributed by atoms with Crippen LogP contribution in [0.4, 0.5) is 0 Å². The lowest BCUT2D eigenvalue weighted by Crippen LogP contribution is -2.38. The van der Waals surface area contributed by atoms with Gasteiger partial charge in [-0.2, -0.15) is 4.58 Å². The molecule has 0 aromatic heterocycles. The Kier molecular flexibility index (Phi) is 5.72. The topological polar surface area (TPSA) is 58.4 Å². The molecular formula is C23H25N2O3S+. The van der Waals surface area contributed by atoms with Gasteiger partial charge in [0.05, 0.1) is 7.11 Å². The maximum Gasteiger partial charge on any atom is 0.425 e. The van der Waals surface area contributed by atoms with Gasteiger partial charge in [-0.15, -0.1) is 0 Å². The van der Waals surface area contributed by atoms with Crippen LogP contribution in [0.15, 0.2) is 53.0 Å². The summed E-state index contributed by atoms with van der Waals surface area (Å²) >= 11 is 1.50. The van der Waals surface area contributed by atoms with Gasteiger partial charge >= 0.3 is 5.91 Å². The molecule has 1 N–H and O–H groups in total. The molecule has 6 heteroatoms. The largest absolute Gasteiger partial charge is 0.496 e. The second kappa shape index (κ2) is 8.41. The molecule has 1 unspecified atom stereocenters. The Morgan fingerprint density at radius 2 is 2.03 bits per heavy atom. The molecule has 5 nitrogen and oxygen atoms in total. The molecule has 29 heavy (non-hydrogen) atoms. The van der Waals surface area contributed by atoms with E-state index >= 15 is 0 Å². The van der Waals surface area contributed by atoms with E-state index in [1.165, 1.54) is 24.6 Å². The monoisotopic (exact) mass is 409 g/mol. The highest BCUT2D eigenvalue weighted by Gasteiger charge is 2.38. The van der Waals surface area contributed by atoms with Gasteiger partial charge < -0.3 is 10.1 Å². The smallest absolute Gasteiger partial charge is 0.425 e. The Balaban J connectivity index is 1.59. The quantitative estimate of drug-likeness (QED) is 0.612. The van der Waals surface area contributed by atoms with Gasteiger partial charge in [-0.3, -0.25) is 4.79 Å². The second-order valence-corrected chi connectivity index (χ2v) is 8.68. The van der Waals surface area contributed by atoms with Gasteiger partial charge in [-0.25, -0.2) is 4.79 Å². The number of methoxy groups -OCH3 is 1. The molecule has 0 saturated heterocycles. The standard InChI is InChI=1S/C23H24N2O3S/c1-25-18-13-16(22(26)24-17-8-4-5-9-17)11-12-20(18)29-21(23(25)27)14-15-7-3-6-10-19(15)28-2/h3,6-7,10-14,17,20H,4-5,8-9H2,1-2H3/p+1/b21-14+. The molecule has 1 fully saturated rings. The third-order valence-electron chi connectivity index (χ3n) is 5.58. The fraction of sp³-hybridized carbons (Fsp3) is 0.348. The van der Waals surface area contributed by atoms with Crippen molar-refractivity contribution in [2.45, 2.75) is 37.0 Å². The van der Waals surface area contributed by atoms with Crippen LogP contribution in [0.2, 0.25) is 0 Å². The van der Waals surface area contributed by atoms with Gasteiger partial charge in [0, 0.05) is 23.3 Å². The number of rotatable bonds is 4. The fourth-order valence-electron chi connectivity index (χ4n) is 3.94. The van der Waals surface area contributed by atoms with Gasteiger partial charge in [-0.1, -0.05) is 55.0 Å². The van der Waals surface area contributed by atoms with Crippen LogP contribution in [0.25, 0.3) is 6.08 Å². The first kappa shape index (κ1) is 19.7. The minimum absolute atomic E-state index is 0.00156. The van der Waals surface area contributed by atoms with Crippen molar-refractivity contribution in [3.63, 3.8) is 0 Å². The number of hydrogen-bond donors (Lipinski definition) is 1. The summed E-state index contributed by atoms with van der Waals surface area (Å²) in [6.45, 7) is 0. The first-order valence-corrected chi connectivity index (χ1v) is 10.8. The summed E-state index contributed by atoms with van der Waals surface area (Å²) in [6, 6.07) is 7.91. The lowest BCUT2D eigenvalue weighted by molar-refractivity contribution is -0.413. The molecule has 4 rings (SSSR count). The van der Waals surface area contributed by atoms with E-state index < -0.39 is 0 Å². The van der Waals surface area contributed by atoms with E-state index in [1.807, 2.05) is 48.6 Å². The van der Waals surface area contributed by atoms with Gasteiger partial charge in [0.15, 0.2) is 0 Å². The predicted octanol–water partition coefficient (Wildman–Crippen LogP) is 3.32. The molecule has 0 bridgehead atoms. The molecule has 1 atom stereocenters. The Labute approximate surface area is 175 Å². The summed E-state index contributed by atoms with van der Waals surface area (Å²) < 4.78 is 7.05. The average molecular weight is 410 g/mol. The zero-order chi connectivity index (χ0) is 20.4. The number of nitrogens with zero attached hydrogens (tertiary/aromatic N) is 1. The number of benzene rings is 1. The van der Waals surface area contributed by atoms with E-state index in [0.717, 1.165) is 29.9 Å². The van der Waals surface area contributed by atoms with Crippen molar-refractivity contribution < 1.29 is 18.9 Å². The zero-order valence-electron chi connectivity index (χ0n) is 16.7. The van der Waals surface area contributed by atoms with Crippen LogP contribution in [0.5, 0.6) is 5.75 Å². The number of thioether (sulfide) groups is 1. The third kappa shape index (κ3) is 4.08. The highest BCUT2D eigenvalue weighted by Crippen LogP contribution is 2.34. The van der Waals surface area contributed by atoms with Crippen LogP contribution in [0.1, 0.15) is 31.2 Å². The number of carbonyl (C=O) groups excluding carboxylic acids is 2. The van der Waals surface area contributed by atoms with E-state index in [2.05, 4.69) is 5.32 Å². The van der Waals surface area contributed by atoms with E-state index in [-0.39, 0.29) is 23.1 Å². The van der Waals surface area contributed by atoms with Gasteiger partial charge in [0.1, 0.15) is 23.0 Å². The van der Waals surface area contributed by atoms with Crippen LogP contribution in [-0.2, 0) is 9.59 Å². The first-order valence-electron chi connectivity index (χ1n) is 9.94. The average Bonchev–Trinajstić information content (AvgIpc) is 3.25. The molecule has 1 aliphatic heterocycles. The van der Waals surface area contributed by atoms with E-state index in [0.29, 0.717) is 10.5 Å². The summed E-state index contributed by atoms with van der Waals surface area (Å²) in [5, 5.41) is 3.12. The molecule has 1 aromatic rings. The van der Waals surface area contributed by atoms with Crippen LogP contribution in [0.3, 0.4) is 0 Å². The number of ether oxygens (including phenoxy) is 1. The SMILES string of the molecule is COc1ccccc1/C=C1/SC2C=CC(C(=O)NC3CCCC3)=CC2=[N+](C)C1=O. The van der Waals surface area contributed by atoms with Crippen molar-refractivity contribution in [1.29, 1.82) is 0 Å². The zero-order valence-corrected chi connectivity index (χ0v) is 17.5. The highest BCUT2D eigenvalue weighted by molar-refractivity contribution is 8.05. The van der Waals surface area contributed by atoms with E-state index in [9.17, 15) is 9.59 Å². The van der Waals surface area contributed by atoms with Crippen molar-refractivity contribution >= 4 is 35.4 Å². The number of amides is 2. The molecule has 0 radical (unpaired) electrons. The number of fused-ring (bicyclic) bond motifs is 1. The van der Waals surface area contributed by atoms with Crippen molar-refractivity contribution in [2.75, 3.05) is 14.2 Å². The molecular weight excluding hydrogens is 384 g/mol. The van der Waals surface area contributed by atoms with Crippen molar-refractivity contribution in [1.82, 2.24) is 5.32 Å². The number of carbonyl (C=O) groups is 2. The summed E-state index contributed by atoms with van der Waals surface area (Å²) in [5.74, 6) is 0.602. The maximum atomic E-state index is 13.0. The van der Waals surface area contributed by atoms with Gasteiger partial charge in [-0.05, 0) is 25.0 Å². The molecule has 1 saturated carbocycles. The highest BCUT2D eigenvalue weighted by atomic mass is 32.2. The maximum absolute atomic E-state index is 13.0. The number of likely N-dealkylation sites (N-methyl/N-ethyl adjacent to an activating group) is 1. The summed E-state index contributed by atoms with van der Waals surface area (Å²) in [7, 11) is 3.39. The fourth-order valence-corrected chi connectivity index (χ4v) is 5.15. The molecule has 1 heterocycles. The van der Waals surface area contributed by atoms with Crippen LogP contribution >= 0.6 is 11.8 Å². The Hall–Kier alpha value is -2.60. The minimum Gasteiger partial charge on any atom is -0.496 e. The molecule has 150 valence electrons. The van der Waals surface area contributed by atoms with E-state index in [1.54, 1.807) is 18.7 Å². The van der Waals surface area contributed by atoms with Crippen molar-refractivity contribution in [3.05, 3.63) is 58.5 Å². The summed E-state index contributed by atoms with van der Waals surface area (Å²) in [6.07, 6.45) is 12.0. The van der Waals surface area contributed by atoms with Crippen molar-refractivity contribution in [2.24, 2.45) is 0 Å². The Morgan fingerprint density at radius 1 is 1.28 bits per heavy atom. The van der Waals surface area contributed by atoms with Crippen LogP contribution < -0.4 is 10.1 Å². The Morgan fingerprint density at radius 3 is 2.79 bits per heavy atom. The van der Waals surface area contributed by atoms with Crippen LogP contribution in [-0.4, -0.2) is 47.6 Å². The van der Waals surface area contributed by atoms with Gasteiger partial charge in [0.2, 0.25) is 5.71 Å². The number of nitrogens with one attached hydrogen (secondary N) is 1. The summed E-state index contributed by atoms with van der Waals surface area (Å²) in [4.78, 5) is 26.2. The van der Waals surface area contributed by atoms with E-state index in [4.69, 9.17) is 4.74 Å². The lowest BCUT2D eigenvalue weighted by atomic mass is 10.0. The number of para-hydroxylation sites is 1. The lowest BCUT2D eigenvalue weighted by Gasteiger charge is -2.21. The molecule has 0 spiro atoms. The van der Waals surface area contributed by atoms with Crippen LogP contribution in [0, 0.1) is 0 Å². The number of allylic oxidation sites excluding steroid dienone is 1. The first-order chi connectivity index (χ1) is 14.1. The predicted molar refractivity (Wildman–Crippen MR) is 116 cm³/mol. The summed E-state index contributed by atoms with van der Waals surface area (Å²) in [5.41, 5.74) is 2.33. The molecule has 2 amide bonds. The second-order valence-electron chi connectivity index (χ2n) is 7.49.